The summed E-state index contributed by atoms with van der Waals surface area (Å²) in [5.41, 5.74) is 6.62. The van der Waals surface area contributed by atoms with Crippen molar-refractivity contribution in [2.75, 3.05) is 11.1 Å². The molecule has 0 fully saturated rings. The van der Waals surface area contributed by atoms with Gasteiger partial charge in [0.05, 0.1) is 6.10 Å². The first-order valence-electron chi connectivity index (χ1n) is 6.22. The summed E-state index contributed by atoms with van der Waals surface area (Å²) in [5, 5.41) is 3.20. The molecule has 2 heterocycles. The Hall–Kier alpha value is -2.30. The molecule has 0 aliphatic rings. The van der Waals surface area contributed by atoms with Gasteiger partial charge in [-0.1, -0.05) is 12.1 Å². The normalized spacial score (nSPS) is 10.5. The Morgan fingerprint density at radius 1 is 1.26 bits per heavy atom. The number of nitrogens with one attached hydrogen (secondary N) is 1. The minimum Gasteiger partial charge on any atom is -0.475 e. The molecule has 2 rings (SSSR count). The molecule has 2 aromatic heterocycles. The maximum atomic E-state index is 5.66. The van der Waals surface area contributed by atoms with Crippen molar-refractivity contribution < 1.29 is 4.74 Å². The summed E-state index contributed by atoms with van der Waals surface area (Å²) < 4.78 is 5.66. The minimum atomic E-state index is 0.0964. The van der Waals surface area contributed by atoms with Gasteiger partial charge in [-0.15, -0.1) is 0 Å². The van der Waals surface area contributed by atoms with Crippen LogP contribution in [-0.4, -0.2) is 16.1 Å². The molecule has 0 aromatic carbocycles. The number of hydrogen-bond donors (Lipinski definition) is 2. The van der Waals surface area contributed by atoms with Crippen LogP contribution in [0.5, 0.6) is 5.88 Å². The molecular formula is C14H18N4O. The minimum absolute atomic E-state index is 0.0964. The number of aromatic nitrogens is 2. The van der Waals surface area contributed by atoms with Crippen molar-refractivity contribution >= 4 is 11.6 Å². The summed E-state index contributed by atoms with van der Waals surface area (Å²) in [6, 6.07) is 9.35. The molecule has 0 unspecified atom stereocenters. The Morgan fingerprint density at radius 3 is 2.84 bits per heavy atom. The second-order valence-electron chi connectivity index (χ2n) is 4.44. The highest BCUT2D eigenvalue weighted by atomic mass is 16.5. The van der Waals surface area contributed by atoms with Crippen molar-refractivity contribution in [3.05, 3.63) is 42.1 Å². The highest BCUT2D eigenvalue weighted by molar-refractivity contribution is 5.43. The van der Waals surface area contributed by atoms with E-state index in [1.807, 2.05) is 38.1 Å². The Morgan fingerprint density at radius 2 is 2.11 bits per heavy atom. The first kappa shape index (κ1) is 13.1. The maximum Gasteiger partial charge on any atom is 0.218 e. The molecule has 0 saturated heterocycles. The van der Waals surface area contributed by atoms with E-state index >= 15 is 0 Å². The molecule has 0 aliphatic carbocycles. The lowest BCUT2D eigenvalue weighted by atomic mass is 10.2. The van der Waals surface area contributed by atoms with E-state index in [2.05, 4.69) is 15.3 Å². The standard InChI is InChI=1S/C14H18N4O/c1-10(2)19-14-11(5-4-8-16-14)9-17-13-7-3-6-12(15)18-13/h3-8,10H,9H2,1-2H3,(H3,15,17,18). The lowest BCUT2D eigenvalue weighted by Gasteiger charge is -2.13. The van der Waals surface area contributed by atoms with Gasteiger partial charge in [-0.05, 0) is 32.0 Å². The smallest absolute Gasteiger partial charge is 0.218 e. The summed E-state index contributed by atoms with van der Waals surface area (Å²) in [7, 11) is 0. The quantitative estimate of drug-likeness (QED) is 0.861. The third-order valence-electron chi connectivity index (χ3n) is 2.43. The highest BCUT2D eigenvalue weighted by Gasteiger charge is 2.06. The SMILES string of the molecule is CC(C)Oc1ncccc1CNc1cccc(N)n1. The van der Waals surface area contributed by atoms with Crippen LogP contribution in [-0.2, 0) is 6.54 Å². The Labute approximate surface area is 112 Å². The summed E-state index contributed by atoms with van der Waals surface area (Å²) >= 11 is 0. The second-order valence-corrected chi connectivity index (χ2v) is 4.44. The van der Waals surface area contributed by atoms with Crippen LogP contribution >= 0.6 is 0 Å². The molecule has 0 atom stereocenters. The van der Waals surface area contributed by atoms with Crippen molar-refractivity contribution in [2.45, 2.75) is 26.5 Å². The van der Waals surface area contributed by atoms with Crippen molar-refractivity contribution in [1.29, 1.82) is 0 Å². The molecule has 0 aliphatic heterocycles. The van der Waals surface area contributed by atoms with E-state index in [-0.39, 0.29) is 6.10 Å². The van der Waals surface area contributed by atoms with Gasteiger partial charge in [0.1, 0.15) is 11.6 Å². The van der Waals surface area contributed by atoms with Crippen molar-refractivity contribution in [1.82, 2.24) is 9.97 Å². The fraction of sp³-hybridized carbons (Fsp3) is 0.286. The van der Waals surface area contributed by atoms with Gasteiger partial charge in [-0.25, -0.2) is 9.97 Å². The van der Waals surface area contributed by atoms with Gasteiger partial charge < -0.3 is 15.8 Å². The fourth-order valence-corrected chi connectivity index (χ4v) is 1.62. The predicted octanol–water partition coefficient (Wildman–Crippen LogP) is 2.46. The van der Waals surface area contributed by atoms with Gasteiger partial charge in [-0.3, -0.25) is 0 Å². The average molecular weight is 258 g/mol. The van der Waals surface area contributed by atoms with Crippen molar-refractivity contribution in [3.8, 4) is 5.88 Å². The Balaban J connectivity index is 2.07. The Bertz CT molecular complexity index is 542. The molecule has 5 heteroatoms. The van der Waals surface area contributed by atoms with Gasteiger partial charge in [0.15, 0.2) is 0 Å². The van der Waals surface area contributed by atoms with Crippen LogP contribution in [0.3, 0.4) is 0 Å². The number of ether oxygens (including phenoxy) is 1. The summed E-state index contributed by atoms with van der Waals surface area (Å²) in [5.74, 6) is 1.88. The van der Waals surface area contributed by atoms with Crippen LogP contribution in [0, 0.1) is 0 Å². The predicted molar refractivity (Wildman–Crippen MR) is 76.0 cm³/mol. The van der Waals surface area contributed by atoms with Gasteiger partial charge in [0.2, 0.25) is 5.88 Å². The number of hydrogen-bond acceptors (Lipinski definition) is 5. The summed E-state index contributed by atoms with van der Waals surface area (Å²) in [6.45, 7) is 4.54. The van der Waals surface area contributed by atoms with Crippen LogP contribution in [0.4, 0.5) is 11.6 Å². The Kier molecular flexibility index (Phi) is 4.18. The van der Waals surface area contributed by atoms with E-state index in [9.17, 15) is 0 Å². The molecule has 0 spiro atoms. The fourth-order valence-electron chi connectivity index (χ4n) is 1.62. The van der Waals surface area contributed by atoms with E-state index < -0.39 is 0 Å². The molecule has 0 radical (unpaired) electrons. The van der Waals surface area contributed by atoms with Gasteiger partial charge in [0.25, 0.3) is 0 Å². The first-order chi connectivity index (χ1) is 9.15. The zero-order valence-electron chi connectivity index (χ0n) is 11.1. The first-order valence-corrected chi connectivity index (χ1v) is 6.22. The number of pyridine rings is 2. The number of nitrogens with two attached hydrogens (primary N) is 1. The third kappa shape index (κ3) is 3.84. The number of nitrogens with zero attached hydrogens (tertiary/aromatic N) is 2. The largest absolute Gasteiger partial charge is 0.475 e. The number of rotatable bonds is 5. The topological polar surface area (TPSA) is 73.1 Å². The number of anilines is 2. The summed E-state index contributed by atoms with van der Waals surface area (Å²) in [6.07, 6.45) is 1.82. The molecule has 2 aromatic rings. The van der Waals surface area contributed by atoms with E-state index in [1.165, 1.54) is 0 Å². The zero-order chi connectivity index (χ0) is 13.7. The van der Waals surface area contributed by atoms with Crippen LogP contribution in [0.1, 0.15) is 19.4 Å². The third-order valence-corrected chi connectivity index (χ3v) is 2.43. The van der Waals surface area contributed by atoms with Crippen LogP contribution < -0.4 is 15.8 Å². The van der Waals surface area contributed by atoms with Gasteiger partial charge in [0, 0.05) is 18.3 Å². The average Bonchev–Trinajstić information content (AvgIpc) is 2.37. The molecule has 0 bridgehead atoms. The molecule has 0 saturated carbocycles. The van der Waals surface area contributed by atoms with E-state index in [1.54, 1.807) is 12.3 Å². The maximum absolute atomic E-state index is 5.66. The van der Waals surface area contributed by atoms with Crippen LogP contribution in [0.2, 0.25) is 0 Å². The lowest BCUT2D eigenvalue weighted by molar-refractivity contribution is 0.230. The number of nitrogen functional groups attached to an aromatic ring is 1. The van der Waals surface area contributed by atoms with Crippen molar-refractivity contribution in [3.63, 3.8) is 0 Å². The van der Waals surface area contributed by atoms with E-state index in [0.717, 1.165) is 11.4 Å². The van der Waals surface area contributed by atoms with Crippen LogP contribution in [0.15, 0.2) is 36.5 Å². The zero-order valence-corrected chi connectivity index (χ0v) is 11.1. The van der Waals surface area contributed by atoms with E-state index in [0.29, 0.717) is 18.2 Å². The van der Waals surface area contributed by atoms with Crippen molar-refractivity contribution in [2.24, 2.45) is 0 Å². The molecule has 100 valence electrons. The van der Waals surface area contributed by atoms with Gasteiger partial charge in [-0.2, -0.15) is 0 Å². The second kappa shape index (κ2) is 6.04. The van der Waals surface area contributed by atoms with Gasteiger partial charge >= 0.3 is 0 Å². The molecule has 0 amide bonds. The lowest BCUT2D eigenvalue weighted by Crippen LogP contribution is -2.11. The monoisotopic (exact) mass is 258 g/mol. The molecular weight excluding hydrogens is 240 g/mol. The van der Waals surface area contributed by atoms with E-state index in [4.69, 9.17) is 10.5 Å². The highest BCUT2D eigenvalue weighted by Crippen LogP contribution is 2.17. The molecule has 3 N–H and O–H groups in total. The molecule has 5 nitrogen and oxygen atoms in total. The molecule has 19 heavy (non-hydrogen) atoms. The summed E-state index contributed by atoms with van der Waals surface area (Å²) in [4.78, 5) is 8.43. The van der Waals surface area contributed by atoms with Crippen LogP contribution in [0.25, 0.3) is 0 Å².